The van der Waals surface area contributed by atoms with Crippen molar-refractivity contribution in [1.29, 1.82) is 0 Å². The number of carbonyl (C=O) groups excluding carboxylic acids is 1. The lowest BCUT2D eigenvalue weighted by Gasteiger charge is -2.08. The molecule has 0 fully saturated rings. The minimum absolute atomic E-state index is 0.443. The molecular formula is C22H17NO3. The Morgan fingerprint density at radius 2 is 1.62 bits per heavy atom. The smallest absolute Gasteiger partial charge is 0.365 e. The van der Waals surface area contributed by atoms with Crippen LogP contribution in [0.15, 0.2) is 78.0 Å². The monoisotopic (exact) mass is 343 g/mol. The molecule has 1 aliphatic heterocycles. The average molecular weight is 343 g/mol. The van der Waals surface area contributed by atoms with Crippen LogP contribution in [0.5, 0.6) is 5.75 Å². The van der Waals surface area contributed by atoms with Crippen molar-refractivity contribution >= 4 is 11.7 Å². The minimum Gasteiger partial charge on any atom is -0.488 e. The first kappa shape index (κ1) is 16.1. The molecule has 128 valence electrons. The molecule has 0 N–H and O–H groups in total. The van der Waals surface area contributed by atoms with Crippen molar-refractivity contribution in [2.75, 3.05) is 0 Å². The Balaban J connectivity index is 1.73. The van der Waals surface area contributed by atoms with Crippen LogP contribution in [0.25, 0.3) is 0 Å². The Labute approximate surface area is 151 Å². The number of ether oxygens (including phenoxy) is 1. The van der Waals surface area contributed by atoms with E-state index in [9.17, 15) is 4.79 Å². The summed E-state index contributed by atoms with van der Waals surface area (Å²) in [6.07, 6.45) is 0. The van der Waals surface area contributed by atoms with Crippen LogP contribution in [0.3, 0.4) is 0 Å². The SMILES string of the molecule is Cc1ccc(C(=O)O/N=C2/c3ccccc3COc3ccccc32)cc1. The molecular weight excluding hydrogens is 326 g/mol. The van der Waals surface area contributed by atoms with Crippen LogP contribution in [0, 0.1) is 6.92 Å². The maximum absolute atomic E-state index is 12.3. The molecule has 26 heavy (non-hydrogen) atoms. The number of para-hydroxylation sites is 1. The molecule has 0 aromatic heterocycles. The van der Waals surface area contributed by atoms with Gasteiger partial charge in [0, 0.05) is 11.1 Å². The van der Waals surface area contributed by atoms with Gasteiger partial charge in [-0.2, -0.15) is 0 Å². The summed E-state index contributed by atoms with van der Waals surface area (Å²) < 4.78 is 5.89. The van der Waals surface area contributed by atoms with Gasteiger partial charge in [-0.05, 0) is 36.8 Å². The Morgan fingerprint density at radius 3 is 2.42 bits per heavy atom. The van der Waals surface area contributed by atoms with Gasteiger partial charge < -0.3 is 9.57 Å². The molecule has 0 atom stereocenters. The van der Waals surface area contributed by atoms with E-state index in [2.05, 4.69) is 5.16 Å². The third-order valence-corrected chi connectivity index (χ3v) is 4.30. The van der Waals surface area contributed by atoms with Gasteiger partial charge >= 0.3 is 5.97 Å². The fourth-order valence-corrected chi connectivity index (χ4v) is 2.89. The molecule has 0 radical (unpaired) electrons. The van der Waals surface area contributed by atoms with Gasteiger partial charge in [-0.15, -0.1) is 0 Å². The Bertz CT molecular complexity index is 941. The van der Waals surface area contributed by atoms with Crippen LogP contribution >= 0.6 is 0 Å². The number of carbonyl (C=O) groups is 1. The van der Waals surface area contributed by atoms with Gasteiger partial charge in [-0.25, -0.2) is 4.79 Å². The predicted octanol–water partition coefficient (Wildman–Crippen LogP) is 4.50. The second kappa shape index (κ2) is 6.84. The molecule has 4 nitrogen and oxygen atoms in total. The number of hydrogen-bond donors (Lipinski definition) is 0. The number of aryl methyl sites for hydroxylation is 1. The summed E-state index contributed by atoms with van der Waals surface area (Å²) in [6, 6.07) is 22.6. The molecule has 0 bridgehead atoms. The number of benzene rings is 3. The number of fused-ring (bicyclic) bond motifs is 2. The van der Waals surface area contributed by atoms with E-state index >= 15 is 0 Å². The summed E-state index contributed by atoms with van der Waals surface area (Å²) in [7, 11) is 0. The lowest BCUT2D eigenvalue weighted by molar-refractivity contribution is 0.0517. The van der Waals surface area contributed by atoms with Crippen molar-refractivity contribution in [3.8, 4) is 5.75 Å². The zero-order valence-electron chi connectivity index (χ0n) is 14.3. The van der Waals surface area contributed by atoms with Crippen molar-refractivity contribution in [1.82, 2.24) is 0 Å². The Kier molecular flexibility index (Phi) is 4.23. The van der Waals surface area contributed by atoms with E-state index in [1.807, 2.05) is 67.6 Å². The highest BCUT2D eigenvalue weighted by molar-refractivity contribution is 6.15. The van der Waals surface area contributed by atoms with Gasteiger partial charge in [0.25, 0.3) is 0 Å². The molecule has 1 aliphatic rings. The highest BCUT2D eigenvalue weighted by Crippen LogP contribution is 2.28. The highest BCUT2D eigenvalue weighted by atomic mass is 16.7. The summed E-state index contributed by atoms with van der Waals surface area (Å²) in [6.45, 7) is 2.41. The standard InChI is InChI=1S/C22H17NO3/c1-15-10-12-16(13-11-15)22(24)26-23-21-18-7-3-2-6-17(18)14-25-20-9-5-4-8-19(20)21/h2-13H,14H2,1H3/b23-21-. The van der Waals surface area contributed by atoms with E-state index in [4.69, 9.17) is 9.57 Å². The van der Waals surface area contributed by atoms with Crippen LogP contribution < -0.4 is 4.74 Å². The van der Waals surface area contributed by atoms with E-state index in [0.717, 1.165) is 22.3 Å². The molecule has 0 unspecified atom stereocenters. The molecule has 0 saturated heterocycles. The molecule has 0 spiro atoms. The van der Waals surface area contributed by atoms with Crippen molar-refractivity contribution in [3.63, 3.8) is 0 Å². The Morgan fingerprint density at radius 1 is 0.923 bits per heavy atom. The molecule has 0 aliphatic carbocycles. The quantitative estimate of drug-likeness (QED) is 0.508. The zero-order chi connectivity index (χ0) is 17.9. The first-order valence-corrected chi connectivity index (χ1v) is 8.39. The van der Waals surface area contributed by atoms with Crippen LogP contribution in [0.2, 0.25) is 0 Å². The fourth-order valence-electron chi connectivity index (χ4n) is 2.89. The lowest BCUT2D eigenvalue weighted by atomic mass is 9.98. The van der Waals surface area contributed by atoms with Crippen LogP contribution in [-0.2, 0) is 11.4 Å². The van der Waals surface area contributed by atoms with Crippen molar-refractivity contribution in [2.45, 2.75) is 13.5 Å². The summed E-state index contributed by atoms with van der Waals surface area (Å²) in [5.74, 6) is 0.228. The molecule has 0 amide bonds. The third-order valence-electron chi connectivity index (χ3n) is 4.30. The number of nitrogens with zero attached hydrogens (tertiary/aromatic N) is 1. The van der Waals surface area contributed by atoms with Crippen LogP contribution in [0.1, 0.15) is 32.6 Å². The normalized spacial score (nSPS) is 14.0. The van der Waals surface area contributed by atoms with E-state index < -0.39 is 5.97 Å². The fraction of sp³-hybridized carbons (Fsp3) is 0.0909. The number of oxime groups is 1. The number of hydrogen-bond acceptors (Lipinski definition) is 4. The molecule has 4 heteroatoms. The zero-order valence-corrected chi connectivity index (χ0v) is 14.3. The van der Waals surface area contributed by atoms with Crippen molar-refractivity contribution < 1.29 is 14.4 Å². The highest BCUT2D eigenvalue weighted by Gasteiger charge is 2.21. The van der Waals surface area contributed by atoms with Gasteiger partial charge in [-0.3, -0.25) is 0 Å². The van der Waals surface area contributed by atoms with Crippen LogP contribution in [0.4, 0.5) is 0 Å². The topological polar surface area (TPSA) is 47.9 Å². The van der Waals surface area contributed by atoms with E-state index in [-0.39, 0.29) is 0 Å². The second-order valence-corrected chi connectivity index (χ2v) is 6.13. The molecule has 3 aromatic carbocycles. The van der Waals surface area contributed by atoms with E-state index in [1.165, 1.54) is 0 Å². The van der Waals surface area contributed by atoms with Crippen molar-refractivity contribution in [2.24, 2.45) is 5.16 Å². The predicted molar refractivity (Wildman–Crippen MR) is 99.4 cm³/mol. The third kappa shape index (κ3) is 3.09. The summed E-state index contributed by atoms with van der Waals surface area (Å²) >= 11 is 0. The van der Waals surface area contributed by atoms with E-state index in [0.29, 0.717) is 23.6 Å². The molecule has 1 heterocycles. The lowest BCUT2D eigenvalue weighted by Crippen LogP contribution is -2.08. The maximum Gasteiger partial charge on any atom is 0.365 e. The van der Waals surface area contributed by atoms with E-state index in [1.54, 1.807) is 12.1 Å². The first-order valence-electron chi connectivity index (χ1n) is 8.39. The van der Waals surface area contributed by atoms with Gasteiger partial charge in [-0.1, -0.05) is 59.3 Å². The van der Waals surface area contributed by atoms with Gasteiger partial charge in [0.05, 0.1) is 5.56 Å². The summed E-state index contributed by atoms with van der Waals surface area (Å²) in [5.41, 5.74) is 4.83. The van der Waals surface area contributed by atoms with Gasteiger partial charge in [0.1, 0.15) is 18.1 Å². The average Bonchev–Trinajstić information content (AvgIpc) is 2.84. The number of rotatable bonds is 2. The molecule has 0 saturated carbocycles. The maximum atomic E-state index is 12.3. The first-order chi connectivity index (χ1) is 12.7. The molecule has 4 rings (SSSR count). The largest absolute Gasteiger partial charge is 0.488 e. The van der Waals surface area contributed by atoms with Crippen molar-refractivity contribution in [3.05, 3.63) is 101 Å². The minimum atomic E-state index is -0.488. The van der Waals surface area contributed by atoms with Gasteiger partial charge in [0.15, 0.2) is 0 Å². The molecule has 3 aromatic rings. The second-order valence-electron chi connectivity index (χ2n) is 6.13. The van der Waals surface area contributed by atoms with Gasteiger partial charge in [0.2, 0.25) is 0 Å². The Hall–Kier alpha value is -3.40. The van der Waals surface area contributed by atoms with Crippen LogP contribution in [-0.4, -0.2) is 11.7 Å². The summed E-state index contributed by atoms with van der Waals surface area (Å²) in [4.78, 5) is 17.6. The summed E-state index contributed by atoms with van der Waals surface area (Å²) in [5, 5.41) is 4.21.